The first-order chi connectivity index (χ1) is 10.4. The van der Waals surface area contributed by atoms with Gasteiger partial charge in [0.05, 0.1) is 0 Å². The van der Waals surface area contributed by atoms with Crippen molar-refractivity contribution in [1.82, 2.24) is 10.6 Å². The van der Waals surface area contributed by atoms with Crippen LogP contribution in [-0.4, -0.2) is 42.3 Å². The highest BCUT2D eigenvalue weighted by atomic mass is 32.2. The van der Waals surface area contributed by atoms with E-state index in [1.165, 1.54) is 25.0 Å². The number of hydrogen-bond acceptors (Lipinski definition) is 4. The van der Waals surface area contributed by atoms with Gasteiger partial charge in [-0.05, 0) is 77.8 Å². The molecule has 1 saturated carbocycles. The van der Waals surface area contributed by atoms with Crippen LogP contribution in [0.15, 0.2) is 0 Å². The monoisotopic (exact) mass is 330 g/mol. The maximum Gasteiger partial charge on any atom is 0.407 e. The first-order valence-corrected chi connectivity index (χ1v) is 10.0. The minimum Gasteiger partial charge on any atom is -0.444 e. The fourth-order valence-electron chi connectivity index (χ4n) is 2.77. The highest BCUT2D eigenvalue weighted by Gasteiger charge is 2.24. The van der Waals surface area contributed by atoms with E-state index in [-0.39, 0.29) is 12.1 Å². The van der Waals surface area contributed by atoms with E-state index in [9.17, 15) is 4.79 Å². The molecule has 1 aliphatic carbocycles. The van der Waals surface area contributed by atoms with Crippen molar-refractivity contribution in [1.29, 1.82) is 0 Å². The number of carbonyl (C=O) groups is 1. The average Bonchev–Trinajstić information content (AvgIpc) is 2.42. The lowest BCUT2D eigenvalue weighted by Gasteiger charge is -2.30. The maximum atomic E-state index is 11.8. The van der Waals surface area contributed by atoms with Crippen molar-refractivity contribution in [3.63, 3.8) is 0 Å². The summed E-state index contributed by atoms with van der Waals surface area (Å²) in [5.74, 6) is 1.28. The van der Waals surface area contributed by atoms with Gasteiger partial charge < -0.3 is 15.4 Å². The van der Waals surface area contributed by atoms with Crippen molar-refractivity contribution in [3.8, 4) is 0 Å². The Labute approximate surface area is 140 Å². The summed E-state index contributed by atoms with van der Waals surface area (Å²) in [7, 11) is 0. The van der Waals surface area contributed by atoms with Crippen molar-refractivity contribution < 1.29 is 9.53 Å². The number of unbranched alkanes of at least 4 members (excludes halogenated alkanes) is 2. The standard InChI is InChI=1S/C17H34N2O2S/c1-17(2,3)21-16(20)19-15-10-8-14(9-11-15)18-12-6-5-7-13-22-4/h14-15,18H,5-13H2,1-4H3,(H,19,20). The van der Waals surface area contributed by atoms with E-state index >= 15 is 0 Å². The third-order valence-electron chi connectivity index (χ3n) is 3.91. The number of hydrogen-bond donors (Lipinski definition) is 2. The Kier molecular flexibility index (Phi) is 9.25. The van der Waals surface area contributed by atoms with E-state index in [0.717, 1.165) is 32.2 Å². The summed E-state index contributed by atoms with van der Waals surface area (Å²) in [5.41, 5.74) is -0.418. The molecule has 0 aromatic heterocycles. The van der Waals surface area contributed by atoms with Gasteiger partial charge in [-0.2, -0.15) is 11.8 Å². The second-order valence-corrected chi connectivity index (χ2v) is 8.19. The van der Waals surface area contributed by atoms with Crippen molar-refractivity contribution in [2.75, 3.05) is 18.6 Å². The molecule has 1 rings (SSSR count). The molecule has 0 aromatic carbocycles. The Bertz CT molecular complexity index is 310. The Morgan fingerprint density at radius 2 is 1.73 bits per heavy atom. The first kappa shape index (κ1) is 19.6. The van der Waals surface area contributed by atoms with E-state index in [4.69, 9.17) is 4.74 Å². The van der Waals surface area contributed by atoms with Crippen LogP contribution >= 0.6 is 11.8 Å². The van der Waals surface area contributed by atoms with E-state index < -0.39 is 5.60 Å². The van der Waals surface area contributed by atoms with Crippen molar-refractivity contribution in [2.45, 2.75) is 83.4 Å². The van der Waals surface area contributed by atoms with Crippen molar-refractivity contribution >= 4 is 17.9 Å². The summed E-state index contributed by atoms with van der Waals surface area (Å²) in [6.07, 6.45) is 10.2. The lowest BCUT2D eigenvalue weighted by Crippen LogP contribution is -2.44. The molecule has 130 valence electrons. The van der Waals surface area contributed by atoms with Crippen LogP contribution in [0.25, 0.3) is 0 Å². The van der Waals surface area contributed by atoms with Crippen LogP contribution < -0.4 is 10.6 Å². The van der Waals surface area contributed by atoms with Gasteiger partial charge in [0.1, 0.15) is 5.60 Å². The van der Waals surface area contributed by atoms with Gasteiger partial charge in [-0.3, -0.25) is 0 Å². The number of amides is 1. The molecule has 1 fully saturated rings. The van der Waals surface area contributed by atoms with Gasteiger partial charge in [0.25, 0.3) is 0 Å². The van der Waals surface area contributed by atoms with E-state index in [2.05, 4.69) is 16.9 Å². The SMILES string of the molecule is CSCCCCCNC1CCC(NC(=O)OC(C)(C)C)CC1. The Balaban J connectivity index is 2.07. The molecule has 0 aromatic rings. The van der Waals surface area contributed by atoms with Gasteiger partial charge in [0.2, 0.25) is 0 Å². The molecule has 0 saturated heterocycles. The molecule has 5 heteroatoms. The quantitative estimate of drug-likeness (QED) is 0.662. The molecule has 2 N–H and O–H groups in total. The highest BCUT2D eigenvalue weighted by Crippen LogP contribution is 2.19. The van der Waals surface area contributed by atoms with Gasteiger partial charge in [-0.1, -0.05) is 6.42 Å². The molecule has 0 spiro atoms. The van der Waals surface area contributed by atoms with Crippen molar-refractivity contribution in [3.05, 3.63) is 0 Å². The fraction of sp³-hybridized carbons (Fsp3) is 0.941. The van der Waals surface area contributed by atoms with Crippen LogP contribution in [0.2, 0.25) is 0 Å². The topological polar surface area (TPSA) is 50.4 Å². The number of ether oxygens (including phenoxy) is 1. The third-order valence-corrected chi connectivity index (χ3v) is 4.60. The summed E-state index contributed by atoms with van der Waals surface area (Å²) in [5, 5.41) is 6.65. The van der Waals surface area contributed by atoms with Crippen LogP contribution in [0.1, 0.15) is 65.7 Å². The van der Waals surface area contributed by atoms with Gasteiger partial charge in [0.15, 0.2) is 0 Å². The Morgan fingerprint density at radius 1 is 1.09 bits per heavy atom. The Hall–Kier alpha value is -0.420. The number of rotatable bonds is 8. The van der Waals surface area contributed by atoms with Crippen LogP contribution in [0.4, 0.5) is 4.79 Å². The zero-order valence-electron chi connectivity index (χ0n) is 14.7. The van der Waals surface area contributed by atoms with Crippen LogP contribution in [-0.2, 0) is 4.74 Å². The lowest BCUT2D eigenvalue weighted by atomic mass is 9.91. The third kappa shape index (κ3) is 9.57. The number of carbonyl (C=O) groups excluding carboxylic acids is 1. The molecule has 0 heterocycles. The second kappa shape index (κ2) is 10.4. The summed E-state index contributed by atoms with van der Waals surface area (Å²) in [6.45, 7) is 6.81. The number of nitrogens with one attached hydrogen (secondary N) is 2. The van der Waals surface area contributed by atoms with Crippen LogP contribution in [0.3, 0.4) is 0 Å². The predicted molar refractivity (Wildman–Crippen MR) is 95.6 cm³/mol. The van der Waals surface area contributed by atoms with Crippen LogP contribution in [0.5, 0.6) is 0 Å². The van der Waals surface area contributed by atoms with E-state index in [1.54, 1.807) is 0 Å². The van der Waals surface area contributed by atoms with Gasteiger partial charge in [-0.15, -0.1) is 0 Å². The molecule has 0 radical (unpaired) electrons. The molecule has 0 bridgehead atoms. The predicted octanol–water partition coefficient (Wildman–Crippen LogP) is 3.95. The molecular formula is C17H34N2O2S. The molecule has 0 unspecified atom stereocenters. The number of alkyl carbamates (subject to hydrolysis) is 1. The van der Waals surface area contributed by atoms with Gasteiger partial charge >= 0.3 is 6.09 Å². The first-order valence-electron chi connectivity index (χ1n) is 8.62. The van der Waals surface area contributed by atoms with Gasteiger partial charge in [0, 0.05) is 12.1 Å². The summed E-state index contributed by atoms with van der Waals surface area (Å²) < 4.78 is 5.31. The molecule has 1 aliphatic rings. The molecule has 4 nitrogen and oxygen atoms in total. The minimum absolute atomic E-state index is 0.273. The smallest absolute Gasteiger partial charge is 0.407 e. The largest absolute Gasteiger partial charge is 0.444 e. The molecule has 1 amide bonds. The second-order valence-electron chi connectivity index (χ2n) is 7.20. The zero-order chi connectivity index (χ0) is 16.4. The summed E-state index contributed by atoms with van der Waals surface area (Å²) in [4.78, 5) is 11.8. The minimum atomic E-state index is -0.418. The maximum absolute atomic E-state index is 11.8. The summed E-state index contributed by atoms with van der Waals surface area (Å²) >= 11 is 1.93. The van der Waals surface area contributed by atoms with E-state index in [0.29, 0.717) is 6.04 Å². The van der Waals surface area contributed by atoms with Gasteiger partial charge in [-0.25, -0.2) is 4.79 Å². The molecule has 0 atom stereocenters. The molecule has 0 aliphatic heterocycles. The normalized spacial score (nSPS) is 22.4. The highest BCUT2D eigenvalue weighted by molar-refractivity contribution is 7.98. The van der Waals surface area contributed by atoms with E-state index in [1.807, 2.05) is 32.5 Å². The van der Waals surface area contributed by atoms with Crippen molar-refractivity contribution in [2.24, 2.45) is 0 Å². The average molecular weight is 331 g/mol. The fourth-order valence-corrected chi connectivity index (χ4v) is 3.26. The lowest BCUT2D eigenvalue weighted by molar-refractivity contribution is 0.0490. The Morgan fingerprint density at radius 3 is 2.32 bits per heavy atom. The molecular weight excluding hydrogens is 296 g/mol. The molecule has 22 heavy (non-hydrogen) atoms. The zero-order valence-corrected chi connectivity index (χ0v) is 15.6. The summed E-state index contributed by atoms with van der Waals surface area (Å²) in [6, 6.07) is 0.895. The van der Waals surface area contributed by atoms with Crippen LogP contribution in [0, 0.1) is 0 Å². The number of thioether (sulfide) groups is 1.